The van der Waals surface area contributed by atoms with Gasteiger partial charge in [-0.2, -0.15) is 14.9 Å². The first-order valence-corrected chi connectivity index (χ1v) is 12.7. The van der Waals surface area contributed by atoms with Gasteiger partial charge in [0.25, 0.3) is 5.91 Å². The number of nitrogens with two attached hydrogens (primary N) is 1. The van der Waals surface area contributed by atoms with E-state index in [1.807, 2.05) is 26.8 Å². The maximum absolute atomic E-state index is 13.1. The summed E-state index contributed by atoms with van der Waals surface area (Å²) in [5.41, 5.74) is 8.88. The molecule has 2 aromatic heterocycles. The number of methoxy groups -OCH3 is 1. The third-order valence-corrected chi connectivity index (χ3v) is 6.86. The predicted molar refractivity (Wildman–Crippen MR) is 148 cm³/mol. The maximum Gasteiger partial charge on any atom is 0.339 e. The van der Waals surface area contributed by atoms with Gasteiger partial charge in [0.15, 0.2) is 5.69 Å². The molecule has 0 aliphatic carbocycles. The van der Waals surface area contributed by atoms with E-state index in [1.165, 1.54) is 12.4 Å². The monoisotopic (exact) mass is 568 g/mol. The summed E-state index contributed by atoms with van der Waals surface area (Å²) in [5.74, 6) is 0.663. The molecule has 2 amide bonds. The van der Waals surface area contributed by atoms with E-state index in [0.717, 1.165) is 4.68 Å². The zero-order valence-corrected chi connectivity index (χ0v) is 23.4. The first-order chi connectivity index (χ1) is 18.4. The fourth-order valence-electron chi connectivity index (χ4n) is 4.69. The smallest absolute Gasteiger partial charge is 0.339 e. The third-order valence-electron chi connectivity index (χ3n) is 6.43. The highest BCUT2D eigenvalue weighted by Crippen LogP contribution is 2.53. The summed E-state index contributed by atoms with van der Waals surface area (Å²) in [6, 6.07) is 7.97. The molecule has 3 heterocycles. The fraction of sp³-hybridized carbons (Fsp3) is 0.259. The normalized spacial score (nSPS) is 14.3. The number of nitrogens with zero attached hydrogens (tertiary/aromatic N) is 4. The molecule has 1 atom stereocenters. The topological polar surface area (TPSA) is 126 Å². The summed E-state index contributed by atoms with van der Waals surface area (Å²) < 4.78 is 15.0. The Labute approximate surface area is 234 Å². The van der Waals surface area contributed by atoms with Crippen molar-refractivity contribution in [3.05, 3.63) is 64.0 Å². The molecule has 0 saturated heterocycles. The highest BCUT2D eigenvalue weighted by Gasteiger charge is 2.42. The molecule has 1 aliphatic heterocycles. The molecule has 202 valence electrons. The van der Waals surface area contributed by atoms with Crippen LogP contribution in [0.2, 0.25) is 10.0 Å². The van der Waals surface area contributed by atoms with Crippen molar-refractivity contribution in [2.45, 2.75) is 26.9 Å². The molecule has 0 spiro atoms. The average molecular weight is 569 g/mol. The number of carbonyl (C=O) groups is 2. The minimum Gasteiger partial charge on any atom is -0.496 e. The lowest BCUT2D eigenvalue weighted by molar-refractivity contribution is 0.0806. The van der Waals surface area contributed by atoms with E-state index < -0.39 is 17.6 Å². The quantitative estimate of drug-likeness (QED) is 0.335. The molecule has 0 radical (unpaired) electrons. The van der Waals surface area contributed by atoms with Crippen molar-refractivity contribution in [3.8, 4) is 39.6 Å². The minimum atomic E-state index is -0.719. The number of benzene rings is 2. The van der Waals surface area contributed by atoms with Crippen LogP contribution in [0.5, 0.6) is 11.5 Å². The summed E-state index contributed by atoms with van der Waals surface area (Å²) in [7, 11) is 3.09. The third kappa shape index (κ3) is 4.59. The maximum atomic E-state index is 13.1. The van der Waals surface area contributed by atoms with Crippen LogP contribution in [0, 0.1) is 5.41 Å². The summed E-state index contributed by atoms with van der Waals surface area (Å²) >= 11 is 12.7. The summed E-state index contributed by atoms with van der Waals surface area (Å²) in [6.45, 7) is 6.08. The summed E-state index contributed by atoms with van der Waals surface area (Å²) in [4.78, 5) is 24.8. The summed E-state index contributed by atoms with van der Waals surface area (Å²) in [5, 5.41) is 12.3. The molecule has 2 aromatic carbocycles. The van der Waals surface area contributed by atoms with E-state index in [9.17, 15) is 9.59 Å². The number of halogens is 2. The number of rotatable bonds is 4. The average Bonchev–Trinajstić information content (AvgIpc) is 3.52. The van der Waals surface area contributed by atoms with Gasteiger partial charge in [-0.15, -0.1) is 0 Å². The lowest BCUT2D eigenvalue weighted by atomic mass is 9.80. The molecule has 1 aliphatic rings. The number of aromatic nitrogens is 4. The second kappa shape index (κ2) is 9.62. The predicted octanol–water partition coefficient (Wildman–Crippen LogP) is 5.48. The molecule has 5 rings (SSSR count). The Hall–Kier alpha value is -4.02. The Morgan fingerprint density at radius 3 is 2.36 bits per heavy atom. The van der Waals surface area contributed by atoms with Gasteiger partial charge in [0.2, 0.25) is 0 Å². The molecule has 0 fully saturated rings. The molecule has 4 aromatic rings. The Morgan fingerprint density at radius 1 is 1.10 bits per heavy atom. The Morgan fingerprint density at radius 2 is 1.79 bits per heavy atom. The lowest BCUT2D eigenvalue weighted by Crippen LogP contribution is -2.30. The number of primary amides is 1. The van der Waals surface area contributed by atoms with Crippen LogP contribution in [0.25, 0.3) is 28.1 Å². The standard InChI is InChI=1S/C27H26Cl2N6O4/c1-27(2,3)24-21-22(25(36)31-4)33-35(16-7-14(28)6-15(29)8-16)23(21)18-9-17(19(38-5)10-20(18)39-24)13-11-32-34(12-13)26(30)37/h6-12,24H,1-5H3,(H2,30,37)(H,31,36). The van der Waals surface area contributed by atoms with Crippen molar-refractivity contribution in [1.82, 2.24) is 24.9 Å². The van der Waals surface area contributed by atoms with Crippen LogP contribution < -0.4 is 20.5 Å². The van der Waals surface area contributed by atoms with Gasteiger partial charge < -0.3 is 20.5 Å². The van der Waals surface area contributed by atoms with Crippen LogP contribution in [-0.4, -0.2) is 45.7 Å². The van der Waals surface area contributed by atoms with Crippen molar-refractivity contribution < 1.29 is 19.1 Å². The van der Waals surface area contributed by atoms with Crippen molar-refractivity contribution >= 4 is 35.1 Å². The van der Waals surface area contributed by atoms with Gasteiger partial charge in [-0.05, 0) is 24.3 Å². The van der Waals surface area contributed by atoms with Crippen LogP contribution in [0.4, 0.5) is 4.79 Å². The van der Waals surface area contributed by atoms with Crippen molar-refractivity contribution in [2.75, 3.05) is 14.2 Å². The summed E-state index contributed by atoms with van der Waals surface area (Å²) in [6.07, 6.45) is 2.49. The van der Waals surface area contributed by atoms with Gasteiger partial charge in [0.05, 0.1) is 30.3 Å². The number of hydrogen-bond donors (Lipinski definition) is 2. The number of ether oxygens (including phenoxy) is 2. The first-order valence-electron chi connectivity index (χ1n) is 12.0. The van der Waals surface area contributed by atoms with E-state index in [1.54, 1.807) is 43.1 Å². The zero-order valence-electron chi connectivity index (χ0n) is 21.9. The molecule has 39 heavy (non-hydrogen) atoms. The first kappa shape index (κ1) is 26.6. The van der Waals surface area contributed by atoms with E-state index in [4.69, 9.17) is 43.5 Å². The van der Waals surface area contributed by atoms with Gasteiger partial charge in [-0.25, -0.2) is 9.48 Å². The molecule has 10 nitrogen and oxygen atoms in total. The van der Waals surface area contributed by atoms with Crippen LogP contribution in [0.1, 0.15) is 42.9 Å². The number of nitrogens with one attached hydrogen (secondary N) is 1. The van der Waals surface area contributed by atoms with Gasteiger partial charge in [0, 0.05) is 51.5 Å². The van der Waals surface area contributed by atoms with Crippen LogP contribution in [0.15, 0.2) is 42.7 Å². The van der Waals surface area contributed by atoms with E-state index >= 15 is 0 Å². The van der Waals surface area contributed by atoms with Gasteiger partial charge >= 0.3 is 6.03 Å². The highest BCUT2D eigenvalue weighted by atomic mass is 35.5. The minimum absolute atomic E-state index is 0.216. The molecule has 0 saturated carbocycles. The molecule has 0 bridgehead atoms. The molecule has 12 heteroatoms. The molecule has 1 unspecified atom stereocenters. The number of hydrogen-bond acceptors (Lipinski definition) is 6. The highest BCUT2D eigenvalue weighted by molar-refractivity contribution is 6.34. The van der Waals surface area contributed by atoms with E-state index in [-0.39, 0.29) is 11.6 Å². The molecular weight excluding hydrogens is 543 g/mol. The van der Waals surface area contributed by atoms with Gasteiger partial charge in [0.1, 0.15) is 17.6 Å². The zero-order chi connectivity index (χ0) is 28.2. The number of amides is 2. The SMILES string of the molecule is CNC(=O)c1nn(-c2cc(Cl)cc(Cl)c2)c2c1C(C(C)(C)C)Oc1cc(OC)c(-c3cnn(C(N)=O)c3)cc1-2. The van der Waals surface area contributed by atoms with Crippen LogP contribution in [0.3, 0.4) is 0 Å². The van der Waals surface area contributed by atoms with E-state index in [0.29, 0.717) is 55.2 Å². The second-order valence-corrected chi connectivity index (χ2v) is 11.0. The van der Waals surface area contributed by atoms with Crippen LogP contribution in [-0.2, 0) is 0 Å². The van der Waals surface area contributed by atoms with Crippen molar-refractivity contribution in [3.63, 3.8) is 0 Å². The van der Waals surface area contributed by atoms with Gasteiger partial charge in [-0.3, -0.25) is 4.79 Å². The van der Waals surface area contributed by atoms with Gasteiger partial charge in [-0.1, -0.05) is 44.0 Å². The Bertz CT molecular complexity index is 1620. The van der Waals surface area contributed by atoms with E-state index in [2.05, 4.69) is 10.4 Å². The van der Waals surface area contributed by atoms with Crippen LogP contribution >= 0.6 is 23.2 Å². The Balaban J connectivity index is 1.87. The van der Waals surface area contributed by atoms with Crippen molar-refractivity contribution in [1.29, 1.82) is 0 Å². The lowest BCUT2D eigenvalue weighted by Gasteiger charge is -2.36. The second-order valence-electron chi connectivity index (χ2n) is 10.2. The molecular formula is C27H26Cl2N6O4. The Kier molecular flexibility index (Phi) is 6.56. The molecule has 3 N–H and O–H groups in total. The largest absolute Gasteiger partial charge is 0.496 e. The number of carbonyl (C=O) groups excluding carboxylic acids is 2. The number of fused-ring (bicyclic) bond motifs is 3. The van der Waals surface area contributed by atoms with Crippen molar-refractivity contribution in [2.24, 2.45) is 11.1 Å². The fourth-order valence-corrected chi connectivity index (χ4v) is 5.20.